The molecule has 2 heterocycles. The van der Waals surface area contributed by atoms with Crippen molar-refractivity contribution >= 4 is 56.8 Å². The number of nitriles is 1. The number of aryl methyl sites for hydroxylation is 2. The smallest absolute Gasteiger partial charge is 0.149 e. The van der Waals surface area contributed by atoms with E-state index < -0.39 is 0 Å². The van der Waals surface area contributed by atoms with Gasteiger partial charge in [-0.25, -0.2) is 4.98 Å². The Morgan fingerprint density at radius 2 is 1.88 bits per heavy atom. The molecular weight excluding hydrogens is 451 g/mol. The average molecular weight is 471 g/mol. The lowest BCUT2D eigenvalue weighted by atomic mass is 10.1. The van der Waals surface area contributed by atoms with Crippen molar-refractivity contribution in [2.45, 2.75) is 20.4 Å². The number of allylic oxidation sites excluding steroid dienone is 1. The first-order valence-electron chi connectivity index (χ1n) is 10.5. The number of rotatable bonds is 4. The lowest BCUT2D eigenvalue weighted by molar-refractivity contribution is 0.836. The molecule has 4 nitrogen and oxygen atoms in total. The zero-order chi connectivity index (χ0) is 23.1. The predicted octanol–water partition coefficient (Wildman–Crippen LogP) is 7.55. The lowest BCUT2D eigenvalue weighted by Crippen LogP contribution is -1.98. The molecule has 5 aromatic rings. The number of H-pyrrole nitrogens is 1. The first kappa shape index (κ1) is 21.3. The van der Waals surface area contributed by atoms with Crippen LogP contribution in [0.15, 0.2) is 60.8 Å². The van der Waals surface area contributed by atoms with Crippen molar-refractivity contribution < 1.29 is 0 Å². The van der Waals surface area contributed by atoms with E-state index in [1.165, 1.54) is 11.1 Å². The van der Waals surface area contributed by atoms with Gasteiger partial charge in [-0.15, -0.1) is 0 Å². The molecule has 2 aromatic heterocycles. The van der Waals surface area contributed by atoms with E-state index in [1.807, 2.05) is 42.6 Å². The van der Waals surface area contributed by atoms with Crippen molar-refractivity contribution in [3.63, 3.8) is 0 Å². The molecular formula is C27H20Cl2N4. The number of nitrogens with one attached hydrogen (secondary N) is 1. The van der Waals surface area contributed by atoms with Crippen LogP contribution in [0, 0.1) is 25.2 Å². The summed E-state index contributed by atoms with van der Waals surface area (Å²) in [4.78, 5) is 7.98. The molecule has 0 radical (unpaired) electrons. The van der Waals surface area contributed by atoms with Crippen LogP contribution in [0.4, 0.5) is 0 Å². The fourth-order valence-corrected chi connectivity index (χ4v) is 4.53. The minimum absolute atomic E-state index is 0.480. The Morgan fingerprint density at radius 1 is 1.09 bits per heavy atom. The fraction of sp³-hybridized carbons (Fsp3) is 0.111. The molecule has 6 heteroatoms. The molecule has 0 saturated carbocycles. The summed E-state index contributed by atoms with van der Waals surface area (Å²) in [5.74, 6) is 0.565. The van der Waals surface area contributed by atoms with E-state index in [0.717, 1.165) is 33.1 Å². The van der Waals surface area contributed by atoms with Gasteiger partial charge in [0, 0.05) is 39.3 Å². The number of para-hydroxylation sites is 1. The number of hydrogen-bond donors (Lipinski definition) is 1. The van der Waals surface area contributed by atoms with E-state index in [1.54, 1.807) is 6.07 Å². The van der Waals surface area contributed by atoms with Crippen LogP contribution in [0.5, 0.6) is 0 Å². The summed E-state index contributed by atoms with van der Waals surface area (Å²) < 4.78 is 2.14. The summed E-state index contributed by atoms with van der Waals surface area (Å²) in [6, 6.07) is 20.1. The standard InChI is InChI=1S/C27H20Cl2N4/c1-16-9-24-25(10-17(16)2)32-27(31-24)19(13-30)11-20-15-33(26-6-4-3-5-22(20)26)14-18-7-8-21(28)12-23(18)29/h3-12,15H,14H2,1-2H3,(H,31,32)/b19-11+. The average Bonchev–Trinajstić information content (AvgIpc) is 3.35. The molecule has 0 bridgehead atoms. The van der Waals surface area contributed by atoms with E-state index in [4.69, 9.17) is 23.2 Å². The zero-order valence-electron chi connectivity index (χ0n) is 18.2. The summed E-state index contributed by atoms with van der Waals surface area (Å²) in [5, 5.41) is 12.2. The van der Waals surface area contributed by atoms with Gasteiger partial charge in [0.05, 0.1) is 16.6 Å². The molecule has 33 heavy (non-hydrogen) atoms. The summed E-state index contributed by atoms with van der Waals surface area (Å²) in [6.07, 6.45) is 3.93. The highest BCUT2D eigenvalue weighted by Gasteiger charge is 2.13. The van der Waals surface area contributed by atoms with E-state index in [2.05, 4.69) is 52.7 Å². The third-order valence-electron chi connectivity index (χ3n) is 5.95. The van der Waals surface area contributed by atoms with Crippen molar-refractivity contribution in [3.8, 4) is 6.07 Å². The zero-order valence-corrected chi connectivity index (χ0v) is 19.7. The second kappa shape index (κ2) is 8.44. The van der Waals surface area contributed by atoms with Crippen LogP contribution in [-0.4, -0.2) is 14.5 Å². The molecule has 0 aliphatic rings. The quantitative estimate of drug-likeness (QED) is 0.275. The maximum Gasteiger partial charge on any atom is 0.149 e. The number of nitrogens with zero attached hydrogens (tertiary/aromatic N) is 3. The van der Waals surface area contributed by atoms with Crippen LogP contribution >= 0.6 is 23.2 Å². The summed E-state index contributed by atoms with van der Waals surface area (Å²) >= 11 is 12.5. The van der Waals surface area contributed by atoms with Crippen molar-refractivity contribution in [2.24, 2.45) is 0 Å². The Hall–Kier alpha value is -3.52. The van der Waals surface area contributed by atoms with Crippen LogP contribution < -0.4 is 0 Å². The lowest BCUT2D eigenvalue weighted by Gasteiger charge is -2.08. The molecule has 0 amide bonds. The molecule has 162 valence electrons. The van der Waals surface area contributed by atoms with Gasteiger partial charge in [-0.05, 0) is 66.9 Å². The van der Waals surface area contributed by atoms with Gasteiger partial charge in [0.2, 0.25) is 0 Å². The van der Waals surface area contributed by atoms with E-state index in [-0.39, 0.29) is 0 Å². The van der Waals surface area contributed by atoms with Gasteiger partial charge in [0.1, 0.15) is 11.9 Å². The highest BCUT2D eigenvalue weighted by Crippen LogP contribution is 2.29. The molecule has 0 unspecified atom stereocenters. The number of aromatic nitrogens is 3. The molecule has 5 rings (SSSR count). The van der Waals surface area contributed by atoms with Crippen molar-refractivity contribution in [1.82, 2.24) is 14.5 Å². The maximum absolute atomic E-state index is 9.94. The Balaban J connectivity index is 1.60. The Morgan fingerprint density at radius 3 is 2.67 bits per heavy atom. The normalized spacial score (nSPS) is 11.9. The topological polar surface area (TPSA) is 57.4 Å². The number of halogens is 2. The Bertz CT molecular complexity index is 1560. The van der Waals surface area contributed by atoms with E-state index >= 15 is 0 Å². The van der Waals surface area contributed by atoms with Crippen LogP contribution in [0.25, 0.3) is 33.6 Å². The van der Waals surface area contributed by atoms with Gasteiger partial charge in [-0.3, -0.25) is 0 Å². The van der Waals surface area contributed by atoms with Gasteiger partial charge in [0.25, 0.3) is 0 Å². The molecule has 1 N–H and O–H groups in total. The Kier molecular flexibility index (Phi) is 5.46. The number of imidazole rings is 1. The number of fused-ring (bicyclic) bond motifs is 2. The molecule has 0 aliphatic carbocycles. The van der Waals surface area contributed by atoms with Crippen LogP contribution in [-0.2, 0) is 6.54 Å². The Labute approximate surface area is 201 Å². The van der Waals surface area contributed by atoms with E-state index in [9.17, 15) is 5.26 Å². The van der Waals surface area contributed by atoms with Crippen molar-refractivity contribution in [3.05, 3.63) is 98.9 Å². The monoisotopic (exact) mass is 470 g/mol. The number of benzene rings is 3. The predicted molar refractivity (Wildman–Crippen MR) is 137 cm³/mol. The molecule has 0 aliphatic heterocycles. The van der Waals surface area contributed by atoms with E-state index in [0.29, 0.717) is 28.0 Å². The largest absolute Gasteiger partial charge is 0.342 e. The second-order valence-corrected chi connectivity index (χ2v) is 9.02. The molecule has 0 fully saturated rings. The SMILES string of the molecule is Cc1cc2nc(/C(C#N)=C/c3cn(Cc4ccc(Cl)cc4Cl)c4ccccc34)[nH]c2cc1C. The second-order valence-electron chi connectivity index (χ2n) is 8.17. The summed E-state index contributed by atoms with van der Waals surface area (Å²) in [7, 11) is 0. The highest BCUT2D eigenvalue weighted by molar-refractivity contribution is 6.35. The molecule has 0 saturated heterocycles. The molecule has 0 atom stereocenters. The minimum Gasteiger partial charge on any atom is -0.342 e. The van der Waals surface area contributed by atoms with Crippen molar-refractivity contribution in [2.75, 3.05) is 0 Å². The minimum atomic E-state index is 0.480. The van der Waals surface area contributed by atoms with Gasteiger partial charge < -0.3 is 9.55 Å². The van der Waals surface area contributed by atoms with Crippen molar-refractivity contribution in [1.29, 1.82) is 5.26 Å². The van der Waals surface area contributed by atoms with Gasteiger partial charge in [-0.1, -0.05) is 47.5 Å². The van der Waals surface area contributed by atoms with Gasteiger partial charge in [-0.2, -0.15) is 5.26 Å². The maximum atomic E-state index is 9.94. The van der Waals surface area contributed by atoms with Crippen LogP contribution in [0.1, 0.15) is 28.1 Å². The number of aromatic amines is 1. The molecule has 0 spiro atoms. The third kappa shape index (κ3) is 4.02. The first-order valence-corrected chi connectivity index (χ1v) is 11.3. The van der Waals surface area contributed by atoms with Gasteiger partial charge >= 0.3 is 0 Å². The van der Waals surface area contributed by atoms with Gasteiger partial charge in [0.15, 0.2) is 0 Å². The number of hydrogen-bond acceptors (Lipinski definition) is 2. The summed E-state index contributed by atoms with van der Waals surface area (Å²) in [5.41, 5.74) is 7.59. The summed E-state index contributed by atoms with van der Waals surface area (Å²) in [6.45, 7) is 4.72. The first-order chi connectivity index (χ1) is 15.9. The highest BCUT2D eigenvalue weighted by atomic mass is 35.5. The molecule has 3 aromatic carbocycles. The third-order valence-corrected chi connectivity index (χ3v) is 6.53. The fourth-order valence-electron chi connectivity index (χ4n) is 4.06. The van der Waals surface area contributed by atoms with Crippen LogP contribution in [0.3, 0.4) is 0 Å². The van der Waals surface area contributed by atoms with Crippen LogP contribution in [0.2, 0.25) is 10.0 Å².